The summed E-state index contributed by atoms with van der Waals surface area (Å²) in [6.45, 7) is 4.41. The highest BCUT2D eigenvalue weighted by Crippen LogP contribution is 2.22. The first-order chi connectivity index (χ1) is 6.76. The summed E-state index contributed by atoms with van der Waals surface area (Å²) in [7, 11) is 0. The van der Waals surface area contributed by atoms with Gasteiger partial charge < -0.3 is 5.11 Å². The lowest BCUT2D eigenvalue weighted by Crippen LogP contribution is -2.00. The van der Waals surface area contributed by atoms with E-state index in [0.717, 1.165) is 23.6 Å². The number of aromatic nitrogens is 2. The highest BCUT2D eigenvalue weighted by Gasteiger charge is 2.05. The summed E-state index contributed by atoms with van der Waals surface area (Å²) in [6, 6.07) is 2.01. The molecule has 0 saturated carbocycles. The molecule has 0 radical (unpaired) electrons. The molecule has 0 bridgehead atoms. The minimum atomic E-state index is 0.236. The predicted molar refractivity (Wildman–Crippen MR) is 58.4 cm³/mol. The lowest BCUT2D eigenvalue weighted by Gasteiger charge is -2.08. The zero-order chi connectivity index (χ0) is 10.4. The maximum absolute atomic E-state index is 8.77. The molecule has 0 aliphatic heterocycles. The van der Waals surface area contributed by atoms with Crippen LogP contribution in [0.25, 0.3) is 0 Å². The molecule has 1 unspecified atom stereocenters. The SMILES string of the molecule is CCc1cc(SC(C)CCO)ncn1. The van der Waals surface area contributed by atoms with Gasteiger partial charge in [-0.15, -0.1) is 11.8 Å². The van der Waals surface area contributed by atoms with E-state index < -0.39 is 0 Å². The van der Waals surface area contributed by atoms with Crippen molar-refractivity contribution in [2.45, 2.75) is 37.0 Å². The van der Waals surface area contributed by atoms with E-state index in [9.17, 15) is 0 Å². The number of aliphatic hydroxyl groups is 1. The third kappa shape index (κ3) is 3.64. The van der Waals surface area contributed by atoms with E-state index in [4.69, 9.17) is 5.11 Å². The molecule has 0 amide bonds. The third-order valence-corrected chi connectivity index (χ3v) is 3.02. The van der Waals surface area contributed by atoms with Crippen LogP contribution in [0.1, 0.15) is 26.0 Å². The van der Waals surface area contributed by atoms with E-state index in [1.165, 1.54) is 0 Å². The Balaban J connectivity index is 2.57. The molecule has 14 heavy (non-hydrogen) atoms. The second-order valence-corrected chi connectivity index (χ2v) is 4.60. The number of hydrogen-bond acceptors (Lipinski definition) is 4. The highest BCUT2D eigenvalue weighted by molar-refractivity contribution is 7.99. The van der Waals surface area contributed by atoms with Gasteiger partial charge in [0, 0.05) is 17.6 Å². The topological polar surface area (TPSA) is 46.0 Å². The smallest absolute Gasteiger partial charge is 0.116 e. The summed E-state index contributed by atoms with van der Waals surface area (Å²) in [5, 5.41) is 10.2. The molecule has 0 spiro atoms. The Morgan fingerprint density at radius 1 is 1.50 bits per heavy atom. The van der Waals surface area contributed by atoms with Crippen LogP contribution in [0.5, 0.6) is 0 Å². The third-order valence-electron chi connectivity index (χ3n) is 1.92. The Morgan fingerprint density at radius 2 is 2.29 bits per heavy atom. The summed E-state index contributed by atoms with van der Waals surface area (Å²) in [6.07, 6.45) is 3.34. The van der Waals surface area contributed by atoms with E-state index in [0.29, 0.717) is 5.25 Å². The fourth-order valence-corrected chi connectivity index (χ4v) is 2.03. The van der Waals surface area contributed by atoms with Crippen molar-refractivity contribution in [1.29, 1.82) is 0 Å². The number of thioether (sulfide) groups is 1. The monoisotopic (exact) mass is 212 g/mol. The average molecular weight is 212 g/mol. The van der Waals surface area contributed by atoms with E-state index >= 15 is 0 Å². The van der Waals surface area contributed by atoms with Gasteiger partial charge in [-0.05, 0) is 18.9 Å². The zero-order valence-electron chi connectivity index (χ0n) is 8.60. The Kier molecular flexibility index (Phi) is 4.90. The Morgan fingerprint density at radius 3 is 2.93 bits per heavy atom. The Hall–Kier alpha value is -0.610. The molecule has 1 aromatic rings. The van der Waals surface area contributed by atoms with Crippen LogP contribution in [0, 0.1) is 0 Å². The largest absolute Gasteiger partial charge is 0.396 e. The summed E-state index contributed by atoms with van der Waals surface area (Å²) in [5.41, 5.74) is 1.07. The summed E-state index contributed by atoms with van der Waals surface area (Å²) < 4.78 is 0. The van der Waals surface area contributed by atoms with Crippen LogP contribution in [0.3, 0.4) is 0 Å². The standard InChI is InChI=1S/C10H16N2OS/c1-3-9-6-10(12-7-11-9)14-8(2)4-5-13/h6-8,13H,3-5H2,1-2H3. The minimum absolute atomic E-state index is 0.236. The van der Waals surface area contributed by atoms with E-state index in [1.807, 2.05) is 6.07 Å². The molecule has 0 saturated heterocycles. The molecule has 3 nitrogen and oxygen atoms in total. The van der Waals surface area contributed by atoms with Gasteiger partial charge in [-0.2, -0.15) is 0 Å². The van der Waals surface area contributed by atoms with Crippen molar-refractivity contribution in [1.82, 2.24) is 9.97 Å². The number of hydrogen-bond donors (Lipinski definition) is 1. The summed E-state index contributed by atoms with van der Waals surface area (Å²) >= 11 is 1.69. The van der Waals surface area contributed by atoms with Crippen LogP contribution in [-0.4, -0.2) is 26.9 Å². The first kappa shape index (κ1) is 11.5. The first-order valence-electron chi connectivity index (χ1n) is 4.84. The van der Waals surface area contributed by atoms with Gasteiger partial charge in [0.05, 0.1) is 5.03 Å². The van der Waals surface area contributed by atoms with E-state index in [2.05, 4.69) is 23.8 Å². The molecule has 0 aromatic carbocycles. The summed E-state index contributed by atoms with van der Waals surface area (Å²) in [4.78, 5) is 8.32. The maximum atomic E-state index is 8.77. The fourth-order valence-electron chi connectivity index (χ4n) is 1.08. The van der Waals surface area contributed by atoms with Gasteiger partial charge in [0.25, 0.3) is 0 Å². The molecular weight excluding hydrogens is 196 g/mol. The zero-order valence-corrected chi connectivity index (χ0v) is 9.42. The quantitative estimate of drug-likeness (QED) is 0.598. The van der Waals surface area contributed by atoms with Gasteiger partial charge in [0.2, 0.25) is 0 Å². The lowest BCUT2D eigenvalue weighted by molar-refractivity contribution is 0.289. The number of aryl methyl sites for hydroxylation is 1. The molecule has 1 N–H and O–H groups in total. The fraction of sp³-hybridized carbons (Fsp3) is 0.600. The van der Waals surface area contributed by atoms with Gasteiger partial charge in [0.15, 0.2) is 0 Å². The number of nitrogens with zero attached hydrogens (tertiary/aromatic N) is 2. The van der Waals surface area contributed by atoms with Crippen molar-refractivity contribution >= 4 is 11.8 Å². The second-order valence-electron chi connectivity index (χ2n) is 3.14. The molecule has 1 aromatic heterocycles. The molecule has 1 heterocycles. The average Bonchev–Trinajstić information content (AvgIpc) is 2.18. The van der Waals surface area contributed by atoms with Crippen molar-refractivity contribution < 1.29 is 5.11 Å². The summed E-state index contributed by atoms with van der Waals surface area (Å²) in [5.74, 6) is 0. The van der Waals surface area contributed by atoms with Crippen molar-refractivity contribution in [2.24, 2.45) is 0 Å². The van der Waals surface area contributed by atoms with Gasteiger partial charge in [-0.25, -0.2) is 9.97 Å². The van der Waals surface area contributed by atoms with Crippen LogP contribution in [-0.2, 0) is 6.42 Å². The van der Waals surface area contributed by atoms with Crippen LogP contribution in [0.2, 0.25) is 0 Å². The van der Waals surface area contributed by atoms with Crippen molar-refractivity contribution in [3.63, 3.8) is 0 Å². The van der Waals surface area contributed by atoms with E-state index in [1.54, 1.807) is 18.1 Å². The van der Waals surface area contributed by atoms with Crippen LogP contribution in [0.15, 0.2) is 17.4 Å². The van der Waals surface area contributed by atoms with Gasteiger partial charge in [-0.1, -0.05) is 13.8 Å². The molecule has 0 aliphatic carbocycles. The second kappa shape index (κ2) is 5.98. The minimum Gasteiger partial charge on any atom is -0.396 e. The number of rotatable bonds is 5. The van der Waals surface area contributed by atoms with Gasteiger partial charge in [0.1, 0.15) is 6.33 Å². The van der Waals surface area contributed by atoms with Gasteiger partial charge in [-0.3, -0.25) is 0 Å². The van der Waals surface area contributed by atoms with Crippen molar-refractivity contribution in [3.05, 3.63) is 18.1 Å². The predicted octanol–water partition coefficient (Wildman–Crippen LogP) is 1.90. The molecule has 0 fully saturated rings. The Labute approximate surface area is 89.0 Å². The van der Waals surface area contributed by atoms with Gasteiger partial charge >= 0.3 is 0 Å². The van der Waals surface area contributed by atoms with Crippen LogP contribution >= 0.6 is 11.8 Å². The van der Waals surface area contributed by atoms with Crippen molar-refractivity contribution in [2.75, 3.05) is 6.61 Å². The number of aliphatic hydroxyl groups excluding tert-OH is 1. The molecule has 4 heteroatoms. The lowest BCUT2D eigenvalue weighted by atomic mass is 10.3. The molecule has 0 aliphatic rings. The first-order valence-corrected chi connectivity index (χ1v) is 5.72. The molecular formula is C10H16N2OS. The van der Waals surface area contributed by atoms with Crippen LogP contribution < -0.4 is 0 Å². The Bertz CT molecular complexity index is 281. The molecule has 1 rings (SSSR count). The van der Waals surface area contributed by atoms with Crippen LogP contribution in [0.4, 0.5) is 0 Å². The van der Waals surface area contributed by atoms with E-state index in [-0.39, 0.29) is 6.61 Å². The normalized spacial score (nSPS) is 12.8. The molecule has 78 valence electrons. The highest BCUT2D eigenvalue weighted by atomic mass is 32.2. The molecule has 1 atom stereocenters. The van der Waals surface area contributed by atoms with Crippen molar-refractivity contribution in [3.8, 4) is 0 Å². The maximum Gasteiger partial charge on any atom is 0.116 e.